The Morgan fingerprint density at radius 2 is 1.81 bits per heavy atom. The molecule has 2 saturated heterocycles. The Balaban J connectivity index is 0.868. The van der Waals surface area contributed by atoms with Crippen molar-refractivity contribution < 1.29 is 14.3 Å². The van der Waals surface area contributed by atoms with Gasteiger partial charge in [0.2, 0.25) is 5.88 Å². The number of nitriles is 1. The summed E-state index contributed by atoms with van der Waals surface area (Å²) >= 11 is 0. The number of nitrogens with zero attached hydrogens (tertiary/aromatic N) is 6. The molecular weight excluding hydrogens is 677 g/mol. The van der Waals surface area contributed by atoms with Gasteiger partial charge in [0.15, 0.2) is 0 Å². The summed E-state index contributed by atoms with van der Waals surface area (Å²) in [5, 5.41) is 22.8. The number of amides is 1. The van der Waals surface area contributed by atoms with Crippen LogP contribution in [0, 0.1) is 18.3 Å². The summed E-state index contributed by atoms with van der Waals surface area (Å²) in [5.74, 6) is 1.75. The third kappa shape index (κ3) is 6.66. The molecule has 5 heterocycles. The average Bonchev–Trinajstić information content (AvgIpc) is 3.73. The number of aromatic nitrogens is 5. The van der Waals surface area contributed by atoms with Crippen LogP contribution in [0.2, 0.25) is 0 Å². The average molecular weight is 717 g/mol. The fraction of sp³-hybridized carbons (Fsp3) is 0.279. The van der Waals surface area contributed by atoms with Crippen molar-refractivity contribution in [2.45, 2.75) is 57.9 Å². The van der Waals surface area contributed by atoms with E-state index in [2.05, 4.69) is 37.1 Å². The van der Waals surface area contributed by atoms with Crippen molar-refractivity contribution in [1.82, 2.24) is 29.6 Å². The number of aromatic amines is 1. The van der Waals surface area contributed by atoms with E-state index in [9.17, 15) is 10.1 Å². The van der Waals surface area contributed by atoms with Crippen LogP contribution in [-0.2, 0) is 24.4 Å². The van der Waals surface area contributed by atoms with Crippen LogP contribution in [0.1, 0.15) is 63.9 Å². The molecule has 2 aliphatic rings. The van der Waals surface area contributed by atoms with Crippen LogP contribution >= 0.6 is 0 Å². The maximum Gasteiger partial charge on any atom is 0.255 e. The fourth-order valence-electron chi connectivity index (χ4n) is 7.77. The van der Waals surface area contributed by atoms with Crippen molar-refractivity contribution in [2.24, 2.45) is 0 Å². The van der Waals surface area contributed by atoms with Crippen LogP contribution in [0.3, 0.4) is 0 Å². The van der Waals surface area contributed by atoms with E-state index >= 15 is 0 Å². The van der Waals surface area contributed by atoms with Crippen LogP contribution in [-0.4, -0.2) is 61.3 Å². The van der Waals surface area contributed by atoms with E-state index < -0.39 is 0 Å². The van der Waals surface area contributed by atoms with Gasteiger partial charge in [0.1, 0.15) is 12.4 Å². The van der Waals surface area contributed by atoms with Crippen LogP contribution in [0.15, 0.2) is 91.0 Å². The minimum atomic E-state index is -0.177. The van der Waals surface area contributed by atoms with Gasteiger partial charge in [-0.1, -0.05) is 36.4 Å². The molecule has 3 aromatic heterocycles. The molecule has 4 aromatic carbocycles. The molecule has 2 aliphatic heterocycles. The molecular formula is C43H40N8O3. The van der Waals surface area contributed by atoms with E-state index in [0.717, 1.165) is 113 Å². The first kappa shape index (κ1) is 33.7. The molecule has 0 unspecified atom stereocenters. The molecule has 9 rings (SSSR count). The second-order valence-corrected chi connectivity index (χ2v) is 14.3. The summed E-state index contributed by atoms with van der Waals surface area (Å²) in [4.78, 5) is 25.9. The van der Waals surface area contributed by atoms with Crippen LogP contribution in [0.4, 0.5) is 5.69 Å². The van der Waals surface area contributed by atoms with Crippen molar-refractivity contribution in [1.29, 1.82) is 5.26 Å². The molecule has 0 bridgehead atoms. The van der Waals surface area contributed by atoms with E-state index in [1.807, 2.05) is 91.9 Å². The number of piperidine rings is 1. The number of benzene rings is 4. The lowest BCUT2D eigenvalue weighted by atomic mass is 9.93. The Kier molecular flexibility index (Phi) is 8.98. The van der Waals surface area contributed by atoms with E-state index in [-0.39, 0.29) is 12.0 Å². The monoisotopic (exact) mass is 716 g/mol. The highest BCUT2D eigenvalue weighted by Crippen LogP contribution is 2.31. The summed E-state index contributed by atoms with van der Waals surface area (Å²) < 4.78 is 14.3. The quantitative estimate of drug-likeness (QED) is 0.148. The molecule has 11 heteroatoms. The molecule has 1 atom stereocenters. The first-order chi connectivity index (χ1) is 26.5. The molecule has 0 saturated carbocycles. The third-order valence-electron chi connectivity index (χ3n) is 10.9. The Hall–Kier alpha value is -6.09. The molecule has 11 nitrogen and oxygen atoms in total. The maximum atomic E-state index is 13.4. The standard InChI is InChI=1S/C43H40N8O3/c1-27-36-22-32(12-13-38(36)49-48-27)45-43(52)29-11-14-40-39(21-29)46-41(51(40)24-33-17-20-53-33)25-50-18-15-28(16-19-50)37-7-4-8-42(47-37)54-26-31-10-9-30(23-44)34-5-2-3-6-35(31)34/h2-14,21-22,28,33H,15-20,24-26H2,1H3,(H,45,52)(H,48,49)/t33-/m0/s1. The number of pyridine rings is 1. The molecule has 54 heavy (non-hydrogen) atoms. The number of carbonyl (C=O) groups excluding carboxylic acids is 1. The number of anilines is 1. The van der Waals surface area contributed by atoms with Gasteiger partial charge >= 0.3 is 0 Å². The number of carbonyl (C=O) groups is 1. The van der Waals surface area contributed by atoms with Crippen molar-refractivity contribution in [3.63, 3.8) is 0 Å². The number of H-pyrrole nitrogens is 1. The lowest BCUT2D eigenvalue weighted by Crippen LogP contribution is -2.35. The van der Waals surface area contributed by atoms with Gasteiger partial charge in [0, 0.05) is 40.9 Å². The summed E-state index contributed by atoms with van der Waals surface area (Å²) in [5.41, 5.74) is 7.67. The first-order valence-electron chi connectivity index (χ1n) is 18.6. The molecule has 2 fully saturated rings. The number of hydrogen-bond donors (Lipinski definition) is 2. The number of likely N-dealkylation sites (tertiary alicyclic amines) is 1. The van der Waals surface area contributed by atoms with Crippen molar-refractivity contribution in [3.05, 3.63) is 125 Å². The highest BCUT2D eigenvalue weighted by atomic mass is 16.5. The number of rotatable bonds is 10. The lowest BCUT2D eigenvalue weighted by Gasteiger charge is -2.32. The Bertz CT molecular complexity index is 2560. The zero-order valence-electron chi connectivity index (χ0n) is 30.1. The lowest BCUT2D eigenvalue weighted by molar-refractivity contribution is -0.0592. The van der Waals surface area contributed by atoms with E-state index in [0.29, 0.717) is 29.5 Å². The molecule has 0 spiro atoms. The molecule has 1 amide bonds. The maximum absolute atomic E-state index is 13.4. The van der Waals surface area contributed by atoms with Crippen molar-refractivity contribution >= 4 is 44.3 Å². The van der Waals surface area contributed by atoms with Gasteiger partial charge in [-0.15, -0.1) is 0 Å². The zero-order chi connectivity index (χ0) is 36.6. The Labute approximate surface area is 312 Å². The van der Waals surface area contributed by atoms with E-state index in [1.54, 1.807) is 0 Å². The van der Waals surface area contributed by atoms with Gasteiger partial charge in [0.05, 0.1) is 53.1 Å². The number of fused-ring (bicyclic) bond motifs is 3. The predicted molar refractivity (Wildman–Crippen MR) is 207 cm³/mol. The normalized spacial score (nSPS) is 16.4. The minimum absolute atomic E-state index is 0.173. The SMILES string of the molecule is Cc1n[nH]c2ccc(NC(=O)c3ccc4c(c3)nc(CN3CCC(c5cccc(OCc6ccc(C#N)c7ccccc67)n5)CC3)n4C[C@@H]3CCO3)cc12. The third-order valence-corrected chi connectivity index (χ3v) is 10.9. The number of aryl methyl sites for hydroxylation is 1. The Morgan fingerprint density at radius 1 is 0.963 bits per heavy atom. The number of nitrogens with one attached hydrogen (secondary N) is 2. The molecule has 2 N–H and O–H groups in total. The van der Waals surface area contributed by atoms with Gasteiger partial charge in [-0.2, -0.15) is 10.4 Å². The smallest absolute Gasteiger partial charge is 0.255 e. The number of imidazole rings is 1. The molecule has 7 aromatic rings. The largest absolute Gasteiger partial charge is 0.473 e. The van der Waals surface area contributed by atoms with Crippen LogP contribution in [0.5, 0.6) is 5.88 Å². The van der Waals surface area contributed by atoms with Gasteiger partial charge in [-0.25, -0.2) is 9.97 Å². The van der Waals surface area contributed by atoms with Gasteiger partial charge < -0.3 is 19.4 Å². The van der Waals surface area contributed by atoms with Gasteiger partial charge in [-0.05, 0) is 104 Å². The van der Waals surface area contributed by atoms with E-state index in [1.165, 1.54) is 0 Å². The van der Waals surface area contributed by atoms with Crippen LogP contribution < -0.4 is 10.1 Å². The second kappa shape index (κ2) is 14.4. The van der Waals surface area contributed by atoms with Gasteiger partial charge in [-0.3, -0.25) is 14.8 Å². The molecule has 0 aliphatic carbocycles. The van der Waals surface area contributed by atoms with Crippen molar-refractivity contribution in [3.8, 4) is 11.9 Å². The Morgan fingerprint density at radius 3 is 2.63 bits per heavy atom. The van der Waals surface area contributed by atoms with E-state index in [4.69, 9.17) is 19.4 Å². The van der Waals surface area contributed by atoms with Crippen molar-refractivity contribution in [2.75, 3.05) is 25.0 Å². The molecule has 270 valence electrons. The topological polar surface area (TPSA) is 134 Å². The predicted octanol–water partition coefficient (Wildman–Crippen LogP) is 7.64. The number of hydrogen-bond acceptors (Lipinski definition) is 8. The summed E-state index contributed by atoms with van der Waals surface area (Å²) in [6.07, 6.45) is 3.17. The summed E-state index contributed by atoms with van der Waals surface area (Å²) in [6, 6.07) is 31.6. The van der Waals surface area contributed by atoms with Crippen LogP contribution in [0.25, 0.3) is 32.7 Å². The highest BCUT2D eigenvalue weighted by Gasteiger charge is 2.26. The highest BCUT2D eigenvalue weighted by molar-refractivity contribution is 6.06. The summed E-state index contributed by atoms with van der Waals surface area (Å²) in [6.45, 7) is 6.42. The minimum Gasteiger partial charge on any atom is -0.473 e. The second-order valence-electron chi connectivity index (χ2n) is 14.3. The number of ether oxygens (including phenoxy) is 2. The fourth-order valence-corrected chi connectivity index (χ4v) is 7.77. The summed E-state index contributed by atoms with van der Waals surface area (Å²) in [7, 11) is 0. The zero-order valence-corrected chi connectivity index (χ0v) is 30.1. The first-order valence-corrected chi connectivity index (χ1v) is 18.6. The van der Waals surface area contributed by atoms with Gasteiger partial charge in [0.25, 0.3) is 5.91 Å². The molecule has 0 radical (unpaired) electrons.